The van der Waals surface area contributed by atoms with Crippen LogP contribution in [0.25, 0.3) is 0 Å². The summed E-state index contributed by atoms with van der Waals surface area (Å²) in [5, 5.41) is 1.28. The van der Waals surface area contributed by atoms with Gasteiger partial charge in [-0.2, -0.15) is 11.8 Å². The Bertz CT molecular complexity index is 317. The maximum atomic E-state index is 12.1. The summed E-state index contributed by atoms with van der Waals surface area (Å²) in [6, 6.07) is 0. The molecule has 0 radical (unpaired) electrons. The Hall–Kier alpha value is -0.380. The lowest BCUT2D eigenvalue weighted by molar-refractivity contribution is -0.0101. The second kappa shape index (κ2) is 4.38. The SMILES string of the molecule is CC1(OC(=O)N2CCCCC2)CC2CCC1S2. The molecule has 0 aliphatic carbocycles. The van der Waals surface area contributed by atoms with E-state index >= 15 is 0 Å². The van der Waals surface area contributed by atoms with Gasteiger partial charge in [-0.25, -0.2) is 4.79 Å². The maximum Gasteiger partial charge on any atom is 0.410 e. The molecule has 17 heavy (non-hydrogen) atoms. The first-order valence-corrected chi connectivity index (χ1v) is 7.75. The summed E-state index contributed by atoms with van der Waals surface area (Å²) in [7, 11) is 0. The minimum Gasteiger partial charge on any atom is -0.442 e. The molecule has 0 aromatic carbocycles. The molecule has 3 aliphatic heterocycles. The third-order valence-corrected chi connectivity index (χ3v) is 6.21. The molecule has 0 aromatic rings. The number of carbonyl (C=O) groups excluding carboxylic acids is 1. The van der Waals surface area contributed by atoms with Gasteiger partial charge in [-0.3, -0.25) is 0 Å². The van der Waals surface area contributed by atoms with Crippen LogP contribution in [0.1, 0.15) is 45.4 Å². The van der Waals surface area contributed by atoms with Crippen LogP contribution in [-0.4, -0.2) is 40.2 Å². The molecule has 96 valence electrons. The number of rotatable bonds is 1. The molecule has 4 heteroatoms. The van der Waals surface area contributed by atoms with E-state index in [1.54, 1.807) is 0 Å². The Morgan fingerprint density at radius 2 is 2.06 bits per heavy atom. The van der Waals surface area contributed by atoms with Crippen molar-refractivity contribution in [1.29, 1.82) is 0 Å². The highest BCUT2D eigenvalue weighted by Crippen LogP contribution is 2.53. The molecule has 3 saturated heterocycles. The van der Waals surface area contributed by atoms with Gasteiger partial charge in [-0.1, -0.05) is 0 Å². The monoisotopic (exact) mass is 255 g/mol. The van der Waals surface area contributed by atoms with Crippen LogP contribution in [0.3, 0.4) is 0 Å². The molecule has 3 atom stereocenters. The fourth-order valence-electron chi connectivity index (χ4n) is 3.34. The van der Waals surface area contributed by atoms with Gasteiger partial charge in [0.25, 0.3) is 0 Å². The van der Waals surface area contributed by atoms with Gasteiger partial charge in [0.1, 0.15) is 5.60 Å². The van der Waals surface area contributed by atoms with Crippen molar-refractivity contribution in [3.63, 3.8) is 0 Å². The number of piperidine rings is 1. The van der Waals surface area contributed by atoms with Crippen molar-refractivity contribution in [2.24, 2.45) is 0 Å². The van der Waals surface area contributed by atoms with E-state index in [2.05, 4.69) is 6.92 Å². The molecule has 2 bridgehead atoms. The van der Waals surface area contributed by atoms with Gasteiger partial charge in [-0.15, -0.1) is 0 Å². The Labute approximate surface area is 107 Å². The van der Waals surface area contributed by atoms with Gasteiger partial charge in [0.15, 0.2) is 0 Å². The average Bonchev–Trinajstić information content (AvgIpc) is 2.89. The molecule has 3 aliphatic rings. The minimum atomic E-state index is -0.192. The number of carbonyl (C=O) groups is 1. The Morgan fingerprint density at radius 3 is 2.65 bits per heavy atom. The van der Waals surface area contributed by atoms with Crippen molar-refractivity contribution < 1.29 is 9.53 Å². The van der Waals surface area contributed by atoms with Crippen molar-refractivity contribution >= 4 is 17.9 Å². The number of ether oxygens (including phenoxy) is 1. The van der Waals surface area contributed by atoms with Crippen LogP contribution in [-0.2, 0) is 4.74 Å². The molecule has 3 heterocycles. The minimum absolute atomic E-state index is 0.0691. The van der Waals surface area contributed by atoms with E-state index in [1.165, 1.54) is 19.3 Å². The van der Waals surface area contributed by atoms with Crippen molar-refractivity contribution in [1.82, 2.24) is 4.90 Å². The van der Waals surface area contributed by atoms with Crippen LogP contribution in [0.4, 0.5) is 4.79 Å². The largest absolute Gasteiger partial charge is 0.442 e. The molecule has 0 spiro atoms. The lowest BCUT2D eigenvalue weighted by atomic mass is 9.86. The summed E-state index contributed by atoms with van der Waals surface area (Å²) >= 11 is 2.03. The number of amides is 1. The summed E-state index contributed by atoms with van der Waals surface area (Å²) in [6.07, 6.45) is 7.04. The number of thioether (sulfide) groups is 1. The van der Waals surface area contributed by atoms with Gasteiger partial charge >= 0.3 is 6.09 Å². The molecule has 3 unspecified atom stereocenters. The van der Waals surface area contributed by atoms with Crippen molar-refractivity contribution in [2.45, 2.75) is 61.5 Å². The zero-order valence-corrected chi connectivity index (χ0v) is 11.3. The fourth-order valence-corrected chi connectivity index (χ4v) is 5.20. The smallest absolute Gasteiger partial charge is 0.410 e. The Kier molecular flexibility index (Phi) is 3.01. The normalized spacial score (nSPS) is 40.6. The van der Waals surface area contributed by atoms with Crippen LogP contribution in [0.15, 0.2) is 0 Å². The summed E-state index contributed by atoms with van der Waals surface area (Å²) in [5.41, 5.74) is -0.192. The van der Waals surface area contributed by atoms with Gasteiger partial charge < -0.3 is 9.64 Å². The van der Waals surface area contributed by atoms with Gasteiger partial charge in [0.2, 0.25) is 0 Å². The van der Waals surface area contributed by atoms with E-state index in [0.29, 0.717) is 5.25 Å². The first-order chi connectivity index (χ1) is 8.17. The number of hydrogen-bond acceptors (Lipinski definition) is 3. The first kappa shape index (κ1) is 11.7. The van der Waals surface area contributed by atoms with Crippen LogP contribution >= 0.6 is 11.8 Å². The third kappa shape index (κ3) is 2.16. The van der Waals surface area contributed by atoms with E-state index in [1.807, 2.05) is 16.7 Å². The van der Waals surface area contributed by atoms with Gasteiger partial charge in [-0.05, 0) is 45.4 Å². The van der Waals surface area contributed by atoms with Crippen LogP contribution in [0.2, 0.25) is 0 Å². The van der Waals surface area contributed by atoms with E-state index < -0.39 is 0 Å². The lowest BCUT2D eigenvalue weighted by Crippen LogP contribution is -2.46. The van der Waals surface area contributed by atoms with Crippen LogP contribution in [0, 0.1) is 0 Å². The van der Waals surface area contributed by atoms with Crippen molar-refractivity contribution in [3.8, 4) is 0 Å². The number of nitrogens with zero attached hydrogens (tertiary/aromatic N) is 1. The molecule has 0 saturated carbocycles. The highest BCUT2D eigenvalue weighted by Gasteiger charge is 2.51. The molecular weight excluding hydrogens is 234 g/mol. The summed E-state index contributed by atoms with van der Waals surface area (Å²) in [4.78, 5) is 14.0. The van der Waals surface area contributed by atoms with Crippen molar-refractivity contribution in [2.75, 3.05) is 13.1 Å². The highest BCUT2D eigenvalue weighted by molar-refractivity contribution is 8.01. The second-order valence-corrected chi connectivity index (χ2v) is 7.26. The van der Waals surface area contributed by atoms with Gasteiger partial charge in [0, 0.05) is 23.6 Å². The van der Waals surface area contributed by atoms with Crippen LogP contribution in [0.5, 0.6) is 0 Å². The summed E-state index contributed by atoms with van der Waals surface area (Å²) in [5.74, 6) is 0. The topological polar surface area (TPSA) is 29.5 Å². The third-order valence-electron chi connectivity index (χ3n) is 4.36. The molecule has 3 fully saturated rings. The zero-order valence-electron chi connectivity index (χ0n) is 10.5. The maximum absolute atomic E-state index is 12.1. The molecule has 0 N–H and O–H groups in total. The summed E-state index contributed by atoms with van der Waals surface area (Å²) in [6.45, 7) is 3.90. The predicted molar refractivity (Wildman–Crippen MR) is 69.3 cm³/mol. The molecule has 3 nitrogen and oxygen atoms in total. The van der Waals surface area contributed by atoms with E-state index in [9.17, 15) is 4.79 Å². The Morgan fingerprint density at radius 1 is 1.29 bits per heavy atom. The molecule has 0 aromatic heterocycles. The summed E-state index contributed by atoms with van der Waals surface area (Å²) < 4.78 is 5.84. The van der Waals surface area contributed by atoms with E-state index in [4.69, 9.17) is 4.74 Å². The average molecular weight is 255 g/mol. The van der Waals surface area contributed by atoms with E-state index in [-0.39, 0.29) is 11.7 Å². The number of fused-ring (bicyclic) bond motifs is 2. The van der Waals surface area contributed by atoms with Crippen molar-refractivity contribution in [3.05, 3.63) is 0 Å². The van der Waals surface area contributed by atoms with Gasteiger partial charge in [0.05, 0.1) is 0 Å². The predicted octanol–water partition coefficient (Wildman–Crippen LogP) is 3.04. The fraction of sp³-hybridized carbons (Fsp3) is 0.923. The quantitative estimate of drug-likeness (QED) is 0.721. The van der Waals surface area contributed by atoms with E-state index in [0.717, 1.165) is 37.6 Å². The molecule has 3 rings (SSSR count). The Balaban J connectivity index is 1.60. The number of hydrogen-bond donors (Lipinski definition) is 0. The first-order valence-electron chi connectivity index (χ1n) is 6.81. The molecule has 1 amide bonds. The molecular formula is C13H21NO2S. The zero-order chi connectivity index (χ0) is 11.9. The second-order valence-electron chi connectivity index (χ2n) is 5.76. The standard InChI is InChI=1S/C13H21NO2S/c1-13(9-10-5-6-11(13)17-10)16-12(15)14-7-3-2-4-8-14/h10-11H,2-9H2,1H3. The highest BCUT2D eigenvalue weighted by atomic mass is 32.2. The lowest BCUT2D eigenvalue weighted by Gasteiger charge is -2.35. The van der Waals surface area contributed by atoms with Crippen LogP contribution < -0.4 is 0 Å². The number of likely N-dealkylation sites (tertiary alicyclic amines) is 1.